The van der Waals surface area contributed by atoms with Gasteiger partial charge in [-0.05, 0) is 31.5 Å². The van der Waals surface area contributed by atoms with E-state index < -0.39 is 27.9 Å². The molecule has 1 N–H and O–H groups in total. The lowest BCUT2D eigenvalue weighted by atomic mass is 10.2. The molecule has 0 spiro atoms. The molecule has 1 aromatic heterocycles. The number of esters is 1. The fourth-order valence-electron chi connectivity index (χ4n) is 2.24. The molecule has 158 valence electrons. The maximum Gasteiger partial charge on any atom is 0.316 e. The summed E-state index contributed by atoms with van der Waals surface area (Å²) in [6.07, 6.45) is 1.01. The number of anilines is 2. The first-order valence-electron chi connectivity index (χ1n) is 8.12. The second-order valence-corrected chi connectivity index (χ2v) is 10.4. The third kappa shape index (κ3) is 6.29. The van der Waals surface area contributed by atoms with E-state index in [1.165, 1.54) is 20.1 Å². The fraction of sp³-hybridized carbons (Fsp3) is 0.375. The zero-order valence-corrected chi connectivity index (χ0v) is 19.2. The zero-order chi connectivity index (χ0) is 21.8. The fourth-order valence-corrected chi connectivity index (χ4v) is 5.16. The van der Waals surface area contributed by atoms with E-state index in [9.17, 15) is 18.0 Å². The van der Waals surface area contributed by atoms with Gasteiger partial charge in [-0.1, -0.05) is 40.8 Å². The Labute approximate surface area is 181 Å². The van der Waals surface area contributed by atoms with Gasteiger partial charge in [-0.25, -0.2) is 8.42 Å². The smallest absolute Gasteiger partial charge is 0.316 e. The van der Waals surface area contributed by atoms with Crippen LogP contribution in [0, 0.1) is 6.92 Å². The summed E-state index contributed by atoms with van der Waals surface area (Å²) in [6.45, 7) is 3.25. The number of carbonyl (C=O) groups is 2. The molecule has 1 atom stereocenters. The van der Waals surface area contributed by atoms with Crippen LogP contribution in [0.3, 0.4) is 0 Å². The molecule has 0 aliphatic carbocycles. The number of thioether (sulfide) groups is 1. The van der Waals surface area contributed by atoms with E-state index in [4.69, 9.17) is 11.6 Å². The van der Waals surface area contributed by atoms with Gasteiger partial charge in [0.05, 0.1) is 24.8 Å². The van der Waals surface area contributed by atoms with Gasteiger partial charge in [0, 0.05) is 5.02 Å². The van der Waals surface area contributed by atoms with Crippen molar-refractivity contribution in [3.63, 3.8) is 0 Å². The highest BCUT2D eigenvalue weighted by Crippen LogP contribution is 2.28. The van der Waals surface area contributed by atoms with Crippen molar-refractivity contribution in [2.75, 3.05) is 28.7 Å². The second-order valence-electron chi connectivity index (χ2n) is 5.90. The highest BCUT2D eigenvalue weighted by atomic mass is 35.5. The van der Waals surface area contributed by atoms with E-state index in [-0.39, 0.29) is 16.6 Å². The predicted octanol–water partition coefficient (Wildman–Crippen LogP) is 2.56. The summed E-state index contributed by atoms with van der Waals surface area (Å²) in [6, 6.07) is 3.68. The molecule has 0 bridgehead atoms. The van der Waals surface area contributed by atoms with Crippen molar-refractivity contribution < 1.29 is 22.7 Å². The summed E-state index contributed by atoms with van der Waals surface area (Å²) in [4.78, 5) is 23.8. The molecular formula is C16H19ClN4O5S3. The predicted molar refractivity (Wildman–Crippen MR) is 114 cm³/mol. The van der Waals surface area contributed by atoms with Gasteiger partial charge < -0.3 is 4.74 Å². The number of hydrogen-bond donors (Lipinski definition) is 1. The molecule has 1 aromatic carbocycles. The number of carbonyl (C=O) groups excluding carboxylic acids is 2. The van der Waals surface area contributed by atoms with Gasteiger partial charge in [-0.2, -0.15) is 0 Å². The minimum atomic E-state index is -3.77. The molecule has 2 aromatic rings. The summed E-state index contributed by atoms with van der Waals surface area (Å²) >= 11 is 8.29. The van der Waals surface area contributed by atoms with Crippen molar-refractivity contribution in [3.8, 4) is 0 Å². The molecule has 29 heavy (non-hydrogen) atoms. The number of halogens is 1. The van der Waals surface area contributed by atoms with Crippen LogP contribution in [-0.4, -0.2) is 55.7 Å². The van der Waals surface area contributed by atoms with Crippen LogP contribution < -0.4 is 9.62 Å². The Hall–Kier alpha value is -1.89. The van der Waals surface area contributed by atoms with Crippen LogP contribution in [0.2, 0.25) is 5.02 Å². The quantitative estimate of drug-likeness (QED) is 0.349. The second kappa shape index (κ2) is 9.74. The molecule has 2 rings (SSSR count). The third-order valence-corrected chi connectivity index (χ3v) is 7.27. The summed E-state index contributed by atoms with van der Waals surface area (Å²) in [5.74, 6) is -0.941. The number of nitrogens with one attached hydrogen (secondary N) is 1. The lowest BCUT2D eigenvalue weighted by Crippen LogP contribution is -2.45. The lowest BCUT2D eigenvalue weighted by molar-refractivity contribution is -0.137. The number of nitrogens with zero attached hydrogens (tertiary/aromatic N) is 3. The molecule has 0 saturated carbocycles. The maximum atomic E-state index is 12.7. The minimum absolute atomic E-state index is 0.0610. The monoisotopic (exact) mass is 478 g/mol. The lowest BCUT2D eigenvalue weighted by Gasteiger charge is -2.28. The molecule has 1 unspecified atom stereocenters. The van der Waals surface area contributed by atoms with Gasteiger partial charge in [0.1, 0.15) is 6.04 Å². The van der Waals surface area contributed by atoms with Gasteiger partial charge in [-0.15, -0.1) is 10.2 Å². The van der Waals surface area contributed by atoms with E-state index in [1.807, 2.05) is 0 Å². The summed E-state index contributed by atoms with van der Waals surface area (Å²) in [5.41, 5.74) is 1.06. The van der Waals surface area contributed by atoms with Crippen LogP contribution >= 0.6 is 34.7 Å². The van der Waals surface area contributed by atoms with Crippen LogP contribution in [0.1, 0.15) is 12.5 Å². The van der Waals surface area contributed by atoms with Crippen LogP contribution in [0.15, 0.2) is 22.5 Å². The maximum absolute atomic E-state index is 12.7. The van der Waals surface area contributed by atoms with E-state index >= 15 is 0 Å². The highest BCUT2D eigenvalue weighted by molar-refractivity contribution is 8.01. The number of aryl methyl sites for hydroxylation is 1. The minimum Gasteiger partial charge on any atom is -0.468 e. The molecule has 13 heteroatoms. The van der Waals surface area contributed by atoms with Crippen LogP contribution in [0.5, 0.6) is 0 Å². The topological polar surface area (TPSA) is 119 Å². The number of rotatable bonds is 8. The molecular weight excluding hydrogens is 460 g/mol. The number of aromatic nitrogens is 2. The van der Waals surface area contributed by atoms with Crippen LogP contribution in [0.4, 0.5) is 10.8 Å². The number of amides is 1. The number of hydrogen-bond acceptors (Lipinski definition) is 9. The highest BCUT2D eigenvalue weighted by Gasteiger charge is 2.30. The van der Waals surface area contributed by atoms with Crippen LogP contribution in [-0.2, 0) is 24.3 Å². The van der Waals surface area contributed by atoms with Crippen molar-refractivity contribution >= 4 is 67.4 Å². The summed E-state index contributed by atoms with van der Waals surface area (Å²) in [5, 5.41) is 10.8. The Morgan fingerprint density at radius 3 is 2.66 bits per heavy atom. The Morgan fingerprint density at radius 1 is 1.38 bits per heavy atom. The largest absolute Gasteiger partial charge is 0.468 e. The number of benzene rings is 1. The van der Waals surface area contributed by atoms with Gasteiger partial charge in [0.15, 0.2) is 4.34 Å². The molecule has 9 nitrogen and oxygen atoms in total. The van der Waals surface area contributed by atoms with Gasteiger partial charge in [0.25, 0.3) is 0 Å². The first-order valence-corrected chi connectivity index (χ1v) is 12.1. The normalized spacial score (nSPS) is 12.3. The van der Waals surface area contributed by atoms with Crippen molar-refractivity contribution in [1.29, 1.82) is 0 Å². The van der Waals surface area contributed by atoms with Crippen LogP contribution in [0.25, 0.3) is 0 Å². The van der Waals surface area contributed by atoms with Gasteiger partial charge in [0.2, 0.25) is 21.1 Å². The molecule has 0 radical (unpaired) electrons. The molecule has 1 amide bonds. The van der Waals surface area contributed by atoms with Gasteiger partial charge >= 0.3 is 5.97 Å². The number of ether oxygens (including phenoxy) is 1. The number of sulfonamides is 1. The van der Waals surface area contributed by atoms with E-state index in [0.717, 1.165) is 39.2 Å². The average molecular weight is 479 g/mol. The Balaban J connectivity index is 2.16. The molecule has 1 heterocycles. The molecule has 0 saturated heterocycles. The standard InChI is InChI=1S/C16H19ClN4O5S3/c1-9-5-6-11(7-12(9)17)21(29(4,24)25)10(2)14(23)18-15-19-20-16(28-15)27-8-13(22)26-3/h5-7,10H,8H2,1-4H3,(H,18,19,23). The van der Waals surface area contributed by atoms with Crippen molar-refractivity contribution in [1.82, 2.24) is 10.2 Å². The molecule has 0 aliphatic rings. The summed E-state index contributed by atoms with van der Waals surface area (Å²) in [7, 11) is -2.49. The van der Waals surface area contributed by atoms with Crippen molar-refractivity contribution in [2.45, 2.75) is 24.2 Å². The van der Waals surface area contributed by atoms with E-state index in [2.05, 4.69) is 20.3 Å². The first-order chi connectivity index (χ1) is 13.5. The summed E-state index contributed by atoms with van der Waals surface area (Å²) < 4.78 is 30.7. The third-order valence-electron chi connectivity index (χ3n) is 3.68. The first kappa shape index (κ1) is 23.4. The van der Waals surface area contributed by atoms with Crippen molar-refractivity contribution in [3.05, 3.63) is 28.8 Å². The average Bonchev–Trinajstić information content (AvgIpc) is 3.08. The van der Waals surface area contributed by atoms with E-state index in [0.29, 0.717) is 9.36 Å². The van der Waals surface area contributed by atoms with Crippen molar-refractivity contribution in [2.24, 2.45) is 0 Å². The molecule has 0 fully saturated rings. The van der Waals surface area contributed by atoms with E-state index in [1.54, 1.807) is 19.1 Å². The SMILES string of the molecule is COC(=O)CSc1nnc(NC(=O)C(C)N(c2ccc(C)c(Cl)c2)S(C)(=O)=O)s1. The molecule has 0 aliphatic heterocycles. The zero-order valence-electron chi connectivity index (χ0n) is 16.0. The van der Waals surface area contributed by atoms with Gasteiger partial charge in [-0.3, -0.25) is 19.2 Å². The Bertz CT molecular complexity index is 1010. The Morgan fingerprint density at radius 2 is 2.07 bits per heavy atom. The number of methoxy groups -OCH3 is 1. The Kier molecular flexibility index (Phi) is 7.86.